The molecule has 1 N–H and O–H groups in total. The minimum Gasteiger partial charge on any atom is -0.476 e. The van der Waals surface area contributed by atoms with Crippen LogP contribution < -0.4 is 10.1 Å². The molecule has 1 aromatic rings. The zero-order chi connectivity index (χ0) is 10.5. The van der Waals surface area contributed by atoms with Crippen LogP contribution >= 0.6 is 0 Å². The number of hydrogen-bond acceptors (Lipinski definition) is 3. The first-order chi connectivity index (χ1) is 7.34. The highest BCUT2D eigenvalue weighted by Gasteiger charge is 2.12. The monoisotopic (exact) mass is 206 g/mol. The highest BCUT2D eigenvalue weighted by Crippen LogP contribution is 2.10. The van der Waals surface area contributed by atoms with Crippen molar-refractivity contribution in [2.24, 2.45) is 0 Å². The molecule has 0 spiro atoms. The van der Waals surface area contributed by atoms with Crippen molar-refractivity contribution in [1.29, 1.82) is 0 Å². The first kappa shape index (κ1) is 10.4. The average molecular weight is 206 g/mol. The van der Waals surface area contributed by atoms with Crippen LogP contribution in [0.15, 0.2) is 18.3 Å². The van der Waals surface area contributed by atoms with Gasteiger partial charge in [-0.3, -0.25) is 0 Å². The Hall–Kier alpha value is -1.09. The lowest BCUT2D eigenvalue weighted by molar-refractivity contribution is 0.232. The zero-order valence-corrected chi connectivity index (χ0v) is 9.20. The van der Waals surface area contributed by atoms with Crippen LogP contribution in [-0.4, -0.2) is 24.2 Å². The minimum atomic E-state index is 0.502. The van der Waals surface area contributed by atoms with Crippen molar-refractivity contribution in [3.8, 4) is 5.88 Å². The van der Waals surface area contributed by atoms with Gasteiger partial charge in [0.2, 0.25) is 5.88 Å². The SMILES string of the molecule is Cc1ccc(OCC2CCCCN2)nc1. The van der Waals surface area contributed by atoms with Crippen LogP contribution in [0.4, 0.5) is 0 Å². The minimum absolute atomic E-state index is 0.502. The van der Waals surface area contributed by atoms with Crippen molar-refractivity contribution in [2.45, 2.75) is 32.2 Å². The fraction of sp³-hybridized carbons (Fsp3) is 0.583. The van der Waals surface area contributed by atoms with E-state index < -0.39 is 0 Å². The van der Waals surface area contributed by atoms with E-state index >= 15 is 0 Å². The Labute approximate surface area is 90.9 Å². The van der Waals surface area contributed by atoms with Gasteiger partial charge in [-0.2, -0.15) is 0 Å². The Morgan fingerprint density at radius 3 is 3.07 bits per heavy atom. The maximum absolute atomic E-state index is 5.63. The van der Waals surface area contributed by atoms with Gasteiger partial charge < -0.3 is 10.1 Å². The van der Waals surface area contributed by atoms with Crippen LogP contribution in [0.2, 0.25) is 0 Å². The summed E-state index contributed by atoms with van der Waals surface area (Å²) < 4.78 is 5.63. The van der Waals surface area contributed by atoms with Gasteiger partial charge >= 0.3 is 0 Å². The topological polar surface area (TPSA) is 34.1 Å². The summed E-state index contributed by atoms with van der Waals surface area (Å²) in [5, 5.41) is 3.45. The third kappa shape index (κ3) is 3.20. The third-order valence-corrected chi connectivity index (χ3v) is 2.73. The third-order valence-electron chi connectivity index (χ3n) is 2.73. The Balaban J connectivity index is 1.79. The molecule has 3 nitrogen and oxygen atoms in total. The molecule has 1 unspecified atom stereocenters. The molecule has 1 fully saturated rings. The second kappa shape index (κ2) is 5.12. The van der Waals surface area contributed by atoms with Crippen molar-refractivity contribution >= 4 is 0 Å². The van der Waals surface area contributed by atoms with Crippen LogP contribution in [0.3, 0.4) is 0 Å². The first-order valence-electron chi connectivity index (χ1n) is 5.63. The van der Waals surface area contributed by atoms with Gasteiger partial charge in [-0.05, 0) is 31.9 Å². The van der Waals surface area contributed by atoms with Gasteiger partial charge in [-0.1, -0.05) is 12.5 Å². The van der Waals surface area contributed by atoms with Gasteiger partial charge in [0.1, 0.15) is 6.61 Å². The van der Waals surface area contributed by atoms with E-state index in [-0.39, 0.29) is 0 Å². The predicted octanol–water partition coefficient (Wildman–Crippen LogP) is 1.91. The highest BCUT2D eigenvalue weighted by atomic mass is 16.5. The standard InChI is InChI=1S/C12H18N2O/c1-10-5-6-12(14-8-10)15-9-11-4-2-3-7-13-11/h5-6,8,11,13H,2-4,7,9H2,1H3. The van der Waals surface area contributed by atoms with E-state index in [4.69, 9.17) is 4.74 Å². The largest absolute Gasteiger partial charge is 0.476 e. The number of nitrogens with zero attached hydrogens (tertiary/aromatic N) is 1. The Morgan fingerprint density at radius 1 is 1.47 bits per heavy atom. The number of ether oxygens (including phenoxy) is 1. The lowest BCUT2D eigenvalue weighted by Crippen LogP contribution is -2.38. The fourth-order valence-electron chi connectivity index (χ4n) is 1.79. The van der Waals surface area contributed by atoms with Gasteiger partial charge in [0.05, 0.1) is 0 Å². The highest BCUT2D eigenvalue weighted by molar-refractivity contribution is 5.16. The van der Waals surface area contributed by atoms with E-state index in [1.54, 1.807) is 0 Å². The Morgan fingerprint density at radius 2 is 2.40 bits per heavy atom. The van der Waals surface area contributed by atoms with Gasteiger partial charge in [0.15, 0.2) is 0 Å². The van der Waals surface area contributed by atoms with Gasteiger partial charge in [-0.25, -0.2) is 4.98 Å². The summed E-state index contributed by atoms with van der Waals surface area (Å²) in [6.45, 7) is 3.88. The molecule has 2 heterocycles. The van der Waals surface area contributed by atoms with E-state index in [1.807, 2.05) is 25.3 Å². The second-order valence-electron chi connectivity index (χ2n) is 4.13. The lowest BCUT2D eigenvalue weighted by atomic mass is 10.1. The number of nitrogens with one attached hydrogen (secondary N) is 1. The molecular weight excluding hydrogens is 188 g/mol. The van der Waals surface area contributed by atoms with Crippen LogP contribution in [0.5, 0.6) is 5.88 Å². The van der Waals surface area contributed by atoms with Crippen LogP contribution in [0, 0.1) is 6.92 Å². The smallest absolute Gasteiger partial charge is 0.213 e. The molecule has 1 atom stereocenters. The van der Waals surface area contributed by atoms with Crippen molar-refractivity contribution in [3.05, 3.63) is 23.9 Å². The number of rotatable bonds is 3. The summed E-state index contributed by atoms with van der Waals surface area (Å²) in [6, 6.07) is 4.45. The molecule has 1 aliphatic rings. The van der Waals surface area contributed by atoms with Crippen molar-refractivity contribution in [2.75, 3.05) is 13.2 Å². The van der Waals surface area contributed by atoms with Crippen molar-refractivity contribution in [3.63, 3.8) is 0 Å². The van der Waals surface area contributed by atoms with Crippen LogP contribution in [0.25, 0.3) is 0 Å². The molecule has 15 heavy (non-hydrogen) atoms. The summed E-state index contributed by atoms with van der Waals surface area (Å²) in [5.74, 6) is 0.730. The molecule has 0 amide bonds. The summed E-state index contributed by atoms with van der Waals surface area (Å²) in [4.78, 5) is 4.21. The normalized spacial score (nSPS) is 21.3. The summed E-state index contributed by atoms with van der Waals surface area (Å²) in [7, 11) is 0. The molecule has 82 valence electrons. The molecule has 0 bridgehead atoms. The van der Waals surface area contributed by atoms with Gasteiger partial charge in [0.25, 0.3) is 0 Å². The maximum atomic E-state index is 5.63. The maximum Gasteiger partial charge on any atom is 0.213 e. The molecule has 0 radical (unpaired) electrons. The molecule has 0 aromatic carbocycles. The predicted molar refractivity (Wildman–Crippen MR) is 60.1 cm³/mol. The summed E-state index contributed by atoms with van der Waals surface area (Å²) in [5.41, 5.74) is 1.16. The summed E-state index contributed by atoms with van der Waals surface area (Å²) in [6.07, 6.45) is 5.65. The molecular formula is C12H18N2O. The number of hydrogen-bond donors (Lipinski definition) is 1. The molecule has 3 heteroatoms. The molecule has 1 aromatic heterocycles. The van der Waals surface area contributed by atoms with Crippen molar-refractivity contribution < 1.29 is 4.74 Å². The molecule has 2 rings (SSSR count). The Kier molecular flexibility index (Phi) is 3.56. The first-order valence-corrected chi connectivity index (χ1v) is 5.63. The summed E-state index contributed by atoms with van der Waals surface area (Å²) >= 11 is 0. The number of pyridine rings is 1. The molecule has 1 aliphatic heterocycles. The van der Waals surface area contributed by atoms with E-state index in [2.05, 4.69) is 10.3 Å². The van der Waals surface area contributed by atoms with Crippen molar-refractivity contribution in [1.82, 2.24) is 10.3 Å². The molecule has 1 saturated heterocycles. The van der Waals surface area contributed by atoms with E-state index in [9.17, 15) is 0 Å². The fourth-order valence-corrected chi connectivity index (χ4v) is 1.79. The number of piperidine rings is 1. The Bertz CT molecular complexity index is 291. The molecule has 0 aliphatic carbocycles. The van der Waals surface area contributed by atoms with E-state index in [1.165, 1.54) is 19.3 Å². The number of aryl methyl sites for hydroxylation is 1. The number of aromatic nitrogens is 1. The average Bonchev–Trinajstić information content (AvgIpc) is 2.30. The lowest BCUT2D eigenvalue weighted by Gasteiger charge is -2.23. The van der Waals surface area contributed by atoms with Gasteiger partial charge in [-0.15, -0.1) is 0 Å². The van der Waals surface area contributed by atoms with Crippen LogP contribution in [0.1, 0.15) is 24.8 Å². The van der Waals surface area contributed by atoms with Gasteiger partial charge in [0, 0.05) is 18.3 Å². The molecule has 0 saturated carbocycles. The zero-order valence-electron chi connectivity index (χ0n) is 9.20. The quantitative estimate of drug-likeness (QED) is 0.820. The van der Waals surface area contributed by atoms with Crippen LogP contribution in [-0.2, 0) is 0 Å². The second-order valence-corrected chi connectivity index (χ2v) is 4.13. The van der Waals surface area contributed by atoms with E-state index in [0.29, 0.717) is 6.04 Å². The van der Waals surface area contributed by atoms with E-state index in [0.717, 1.165) is 24.6 Å².